The number of halogens is 6. The number of thiocarbonyl (C=S) groups is 1. The number of hydrogen-bond acceptors (Lipinski definition) is 4. The van der Waals surface area contributed by atoms with Crippen LogP contribution in [0.1, 0.15) is 67.9 Å². The number of fused-ring (bicyclic) bond motifs is 2. The zero-order valence-electron chi connectivity index (χ0n) is 22.5. The van der Waals surface area contributed by atoms with Crippen molar-refractivity contribution < 1.29 is 35.8 Å². The normalized spacial score (nSPS) is 25.9. The Kier molecular flexibility index (Phi) is 9.19. The lowest BCUT2D eigenvalue weighted by atomic mass is 9.73. The van der Waals surface area contributed by atoms with E-state index in [1.807, 2.05) is 30.3 Å². The van der Waals surface area contributed by atoms with E-state index in [0.717, 1.165) is 30.5 Å². The number of piperidine rings is 1. The highest BCUT2D eigenvalue weighted by molar-refractivity contribution is 7.80. The summed E-state index contributed by atoms with van der Waals surface area (Å²) < 4.78 is 92.9. The highest BCUT2D eigenvalue weighted by atomic mass is 32.1. The monoisotopic (exact) mass is 588 g/mol. The molecule has 2 bridgehead atoms. The fourth-order valence-electron chi connectivity index (χ4n) is 5.58. The summed E-state index contributed by atoms with van der Waals surface area (Å²) in [5.74, 6) is 0. The lowest BCUT2D eigenvalue weighted by molar-refractivity contribution is -0.143. The zero-order valence-corrected chi connectivity index (χ0v) is 23.3. The molecule has 2 fully saturated rings. The third-order valence-corrected chi connectivity index (χ3v) is 8.07. The molecule has 2 aromatic carbocycles. The van der Waals surface area contributed by atoms with Gasteiger partial charge in [-0.3, -0.25) is 4.90 Å². The van der Waals surface area contributed by atoms with Gasteiger partial charge in [-0.15, -0.1) is 0 Å². The summed E-state index contributed by atoms with van der Waals surface area (Å²) >= 11 is 5.63. The molecular weight excluding hydrogens is 554 g/mol. The van der Waals surface area contributed by atoms with Gasteiger partial charge < -0.3 is 14.8 Å². The first kappa shape index (κ1) is 30.7. The molecule has 2 aliphatic heterocycles. The number of unbranched alkanes of at least 4 members (excludes halogenated alkanes) is 1. The first-order valence-electron chi connectivity index (χ1n) is 13.4. The summed E-state index contributed by atoms with van der Waals surface area (Å²) in [6.07, 6.45) is -7.57. The summed E-state index contributed by atoms with van der Waals surface area (Å²) in [5.41, 5.74) is -3.01. The van der Waals surface area contributed by atoms with Gasteiger partial charge in [0.15, 0.2) is 0 Å². The summed E-state index contributed by atoms with van der Waals surface area (Å²) in [4.78, 5) is 2.87. The van der Waals surface area contributed by atoms with Crippen molar-refractivity contribution in [3.05, 3.63) is 70.8 Å². The van der Waals surface area contributed by atoms with Crippen molar-refractivity contribution in [3.63, 3.8) is 0 Å². The topological polar surface area (TPSA) is 33.7 Å². The molecule has 1 N–H and O–H groups in total. The minimum absolute atomic E-state index is 0.0607. The van der Waals surface area contributed by atoms with Gasteiger partial charge in [0.1, 0.15) is 0 Å². The molecular formula is C29H34F6N2O2S. The lowest BCUT2D eigenvalue weighted by Gasteiger charge is -2.57. The van der Waals surface area contributed by atoms with Crippen molar-refractivity contribution >= 4 is 17.2 Å². The van der Waals surface area contributed by atoms with Gasteiger partial charge in [0.25, 0.3) is 0 Å². The number of ether oxygens (including phenoxy) is 2. The van der Waals surface area contributed by atoms with Crippen molar-refractivity contribution in [1.82, 2.24) is 10.2 Å². The molecule has 220 valence electrons. The van der Waals surface area contributed by atoms with Crippen molar-refractivity contribution in [2.45, 2.75) is 69.1 Å². The SMILES string of the molecule is CCCCOC[C@]12CC[C@@](CO[C@H](C)c3cc(C(F)(F)F)cc(C(F)(F)F)c3)(c3ccccc3)N(CC(=S)N1)C2. The van der Waals surface area contributed by atoms with E-state index < -0.39 is 35.1 Å². The Labute approximate surface area is 236 Å². The number of piperazine rings is 1. The summed E-state index contributed by atoms with van der Waals surface area (Å²) in [7, 11) is 0. The van der Waals surface area contributed by atoms with E-state index in [0.29, 0.717) is 44.1 Å². The second-order valence-electron chi connectivity index (χ2n) is 10.8. The van der Waals surface area contributed by atoms with Crippen LogP contribution in [-0.2, 0) is 27.4 Å². The molecule has 0 aromatic heterocycles. The van der Waals surface area contributed by atoms with E-state index in [9.17, 15) is 26.3 Å². The van der Waals surface area contributed by atoms with Gasteiger partial charge in [-0.05, 0) is 55.5 Å². The van der Waals surface area contributed by atoms with E-state index in [1.54, 1.807) is 0 Å². The first-order valence-corrected chi connectivity index (χ1v) is 13.8. The average Bonchev–Trinajstić information content (AvgIpc) is 2.90. The fourth-order valence-corrected chi connectivity index (χ4v) is 5.95. The highest BCUT2D eigenvalue weighted by Crippen LogP contribution is 2.44. The molecule has 2 saturated heterocycles. The lowest BCUT2D eigenvalue weighted by Crippen LogP contribution is -2.72. The van der Waals surface area contributed by atoms with E-state index >= 15 is 0 Å². The maximum atomic E-state index is 13.5. The van der Waals surface area contributed by atoms with E-state index in [2.05, 4.69) is 17.1 Å². The molecule has 4 atom stereocenters. The number of alkyl halides is 6. The van der Waals surface area contributed by atoms with Gasteiger partial charge in [0.2, 0.25) is 0 Å². The number of nitrogens with zero attached hydrogens (tertiary/aromatic N) is 1. The minimum atomic E-state index is -4.93. The second-order valence-corrected chi connectivity index (χ2v) is 11.3. The quantitative estimate of drug-likeness (QED) is 0.179. The molecule has 1 unspecified atom stereocenters. The molecule has 40 heavy (non-hydrogen) atoms. The number of hydrogen-bond donors (Lipinski definition) is 1. The van der Waals surface area contributed by atoms with Gasteiger partial charge in [0, 0.05) is 19.7 Å². The molecule has 0 radical (unpaired) electrons. The Bertz CT molecular complexity index is 1140. The van der Waals surface area contributed by atoms with Crippen LogP contribution < -0.4 is 5.32 Å². The minimum Gasteiger partial charge on any atom is -0.379 e. The van der Waals surface area contributed by atoms with Crippen LogP contribution >= 0.6 is 12.2 Å². The molecule has 11 heteroatoms. The molecule has 0 saturated carbocycles. The summed E-state index contributed by atoms with van der Waals surface area (Å²) in [6.45, 7) is 5.81. The molecule has 0 aliphatic carbocycles. The third kappa shape index (κ3) is 6.80. The van der Waals surface area contributed by atoms with Crippen LogP contribution in [0.25, 0.3) is 0 Å². The maximum absolute atomic E-state index is 13.5. The zero-order chi connectivity index (χ0) is 29.2. The Hall–Kier alpha value is -2.21. The Morgan fingerprint density at radius 3 is 2.23 bits per heavy atom. The maximum Gasteiger partial charge on any atom is 0.416 e. The van der Waals surface area contributed by atoms with Crippen LogP contribution in [0.2, 0.25) is 0 Å². The van der Waals surface area contributed by atoms with Crippen molar-refractivity contribution in [1.29, 1.82) is 0 Å². The van der Waals surface area contributed by atoms with Crippen LogP contribution in [0.5, 0.6) is 0 Å². The smallest absolute Gasteiger partial charge is 0.379 e. The molecule has 2 aromatic rings. The Balaban J connectivity index is 1.62. The van der Waals surface area contributed by atoms with Crippen LogP contribution in [-0.4, -0.2) is 48.3 Å². The van der Waals surface area contributed by atoms with Crippen LogP contribution in [0.15, 0.2) is 48.5 Å². The standard InChI is InChI=1S/C29H34F6N2O2S/c1-3-4-12-38-18-26-10-11-27(22-8-6-5-7-9-22,37(17-26)16-25(40)36-26)19-39-20(2)21-13-23(28(30,31)32)15-24(14-21)29(33,34)35/h5-9,13-15,20H,3-4,10-12,16-19H2,1-2H3,(H,36,40)/t20-,26-,27-/m1/s1. The highest BCUT2D eigenvalue weighted by Gasteiger charge is 2.52. The first-order chi connectivity index (χ1) is 18.8. The molecule has 2 heterocycles. The van der Waals surface area contributed by atoms with E-state index in [1.165, 1.54) is 6.92 Å². The number of rotatable bonds is 10. The van der Waals surface area contributed by atoms with Gasteiger partial charge in [-0.25, -0.2) is 0 Å². The molecule has 4 nitrogen and oxygen atoms in total. The molecule has 0 spiro atoms. The van der Waals surface area contributed by atoms with Crippen molar-refractivity contribution in [2.75, 3.05) is 32.9 Å². The predicted molar refractivity (Wildman–Crippen MR) is 144 cm³/mol. The second kappa shape index (κ2) is 12.0. The van der Waals surface area contributed by atoms with Crippen molar-refractivity contribution in [3.8, 4) is 0 Å². The molecule has 0 amide bonds. The van der Waals surface area contributed by atoms with E-state index in [4.69, 9.17) is 21.7 Å². The van der Waals surface area contributed by atoms with Crippen LogP contribution in [0, 0.1) is 0 Å². The van der Waals surface area contributed by atoms with E-state index in [-0.39, 0.29) is 23.8 Å². The van der Waals surface area contributed by atoms with Gasteiger partial charge in [-0.1, -0.05) is 55.9 Å². The van der Waals surface area contributed by atoms with Crippen LogP contribution in [0.4, 0.5) is 26.3 Å². The average molecular weight is 589 g/mol. The largest absolute Gasteiger partial charge is 0.416 e. The fraction of sp³-hybridized carbons (Fsp3) is 0.552. The van der Waals surface area contributed by atoms with Crippen LogP contribution in [0.3, 0.4) is 0 Å². The summed E-state index contributed by atoms with van der Waals surface area (Å²) in [6, 6.07) is 11.2. The summed E-state index contributed by atoms with van der Waals surface area (Å²) in [5, 5.41) is 3.47. The van der Waals surface area contributed by atoms with Gasteiger partial charge >= 0.3 is 12.4 Å². The van der Waals surface area contributed by atoms with Gasteiger partial charge in [-0.2, -0.15) is 26.3 Å². The molecule has 2 aliphatic rings. The number of nitrogens with one attached hydrogen (secondary N) is 1. The third-order valence-electron chi connectivity index (χ3n) is 7.84. The predicted octanol–water partition coefficient (Wildman–Crippen LogP) is 7.28. The Morgan fingerprint density at radius 2 is 1.62 bits per heavy atom. The van der Waals surface area contributed by atoms with Gasteiger partial charge in [0.05, 0.1) is 46.5 Å². The number of benzene rings is 2. The van der Waals surface area contributed by atoms with Crippen molar-refractivity contribution in [2.24, 2.45) is 0 Å². The molecule has 4 rings (SSSR count). The Morgan fingerprint density at radius 1 is 0.975 bits per heavy atom.